The van der Waals surface area contributed by atoms with E-state index >= 15 is 0 Å². The first-order valence-corrected chi connectivity index (χ1v) is 16.3. The molecule has 0 amide bonds. The van der Waals surface area contributed by atoms with Crippen LogP contribution in [-0.2, 0) is 16.2 Å². The van der Waals surface area contributed by atoms with Crippen LogP contribution in [0.25, 0.3) is 44.5 Å². The number of rotatable bonds is 4. The van der Waals surface area contributed by atoms with Crippen molar-refractivity contribution >= 4 is 0 Å². The van der Waals surface area contributed by atoms with Crippen LogP contribution in [0.2, 0.25) is 0 Å². The Morgan fingerprint density at radius 2 is 0.689 bits per heavy atom. The van der Waals surface area contributed by atoms with Gasteiger partial charge in [0, 0.05) is 16.2 Å². The normalized spacial score (nSPS) is 15.2. The standard InChI is InChI=1S/C45H40/c1-43(2,33-19-23-37-35-21-17-31(29-13-9-7-10-14-29)25-39(35)44(3,4)41(37)27-33)34-20-24-38-36-22-18-32(30-15-11-8-12-16-30)26-40(36)45(5,6)42(38)28-34/h7-28H,1-6H3. The van der Waals surface area contributed by atoms with Gasteiger partial charge in [-0.05, 0) is 90.0 Å². The Hall–Kier alpha value is -4.68. The molecule has 220 valence electrons. The molecule has 0 heteroatoms. The lowest BCUT2D eigenvalue weighted by molar-refractivity contribution is 0.618. The van der Waals surface area contributed by atoms with E-state index in [-0.39, 0.29) is 16.2 Å². The maximum atomic E-state index is 2.50. The van der Waals surface area contributed by atoms with Gasteiger partial charge in [-0.25, -0.2) is 0 Å². The fourth-order valence-corrected chi connectivity index (χ4v) is 8.04. The molecule has 8 rings (SSSR count). The summed E-state index contributed by atoms with van der Waals surface area (Å²) in [7, 11) is 0. The molecule has 2 aliphatic carbocycles. The van der Waals surface area contributed by atoms with Gasteiger partial charge >= 0.3 is 0 Å². The summed E-state index contributed by atoms with van der Waals surface area (Å²) in [4.78, 5) is 0. The first-order chi connectivity index (χ1) is 21.6. The van der Waals surface area contributed by atoms with Crippen molar-refractivity contribution in [3.63, 3.8) is 0 Å². The molecular formula is C45H40. The SMILES string of the molecule is CC(C)(c1ccc2c(c1)C(C)(C)c1cc(-c3ccccc3)ccc1-2)c1ccc2c(c1)C(C)(C)c1cc(-c3ccccc3)ccc1-2. The monoisotopic (exact) mass is 580 g/mol. The fraction of sp³-hybridized carbons (Fsp3) is 0.200. The van der Waals surface area contributed by atoms with Crippen LogP contribution in [0.1, 0.15) is 74.9 Å². The molecule has 0 saturated heterocycles. The van der Waals surface area contributed by atoms with Gasteiger partial charge in [-0.3, -0.25) is 0 Å². The van der Waals surface area contributed by atoms with Gasteiger partial charge in [0.25, 0.3) is 0 Å². The Morgan fingerprint density at radius 1 is 0.356 bits per heavy atom. The van der Waals surface area contributed by atoms with Crippen molar-refractivity contribution in [2.45, 2.75) is 57.8 Å². The summed E-state index contributed by atoms with van der Waals surface area (Å²) in [5.41, 5.74) is 18.7. The lowest BCUT2D eigenvalue weighted by Crippen LogP contribution is -2.22. The minimum atomic E-state index is -0.149. The average Bonchev–Trinajstić information content (AvgIpc) is 3.43. The van der Waals surface area contributed by atoms with Crippen LogP contribution in [0.4, 0.5) is 0 Å². The first-order valence-electron chi connectivity index (χ1n) is 16.3. The number of benzene rings is 6. The number of hydrogen-bond acceptors (Lipinski definition) is 0. The lowest BCUT2D eigenvalue weighted by atomic mass is 9.73. The predicted molar refractivity (Wildman–Crippen MR) is 191 cm³/mol. The third-order valence-corrected chi connectivity index (χ3v) is 11.0. The fourth-order valence-electron chi connectivity index (χ4n) is 8.04. The topological polar surface area (TPSA) is 0 Å². The van der Waals surface area contributed by atoms with Crippen molar-refractivity contribution in [3.05, 3.63) is 167 Å². The zero-order valence-corrected chi connectivity index (χ0v) is 27.2. The van der Waals surface area contributed by atoms with E-state index in [4.69, 9.17) is 0 Å². The molecule has 0 heterocycles. The minimum Gasteiger partial charge on any atom is -0.0622 e. The Balaban J connectivity index is 1.16. The highest BCUT2D eigenvalue weighted by molar-refractivity contribution is 5.85. The Morgan fingerprint density at radius 3 is 1.07 bits per heavy atom. The molecule has 0 atom stereocenters. The van der Waals surface area contributed by atoms with Crippen molar-refractivity contribution < 1.29 is 0 Å². The molecule has 0 spiro atoms. The summed E-state index contributed by atoms with van der Waals surface area (Å²) in [6, 6.07) is 50.0. The summed E-state index contributed by atoms with van der Waals surface area (Å²) in [6.45, 7) is 14.3. The van der Waals surface area contributed by atoms with Gasteiger partial charge in [-0.1, -0.05) is 163 Å². The maximum Gasteiger partial charge on any atom is 0.0159 e. The van der Waals surface area contributed by atoms with Gasteiger partial charge < -0.3 is 0 Å². The quantitative estimate of drug-likeness (QED) is 0.195. The summed E-state index contributed by atoms with van der Waals surface area (Å²) in [5.74, 6) is 0. The second kappa shape index (κ2) is 9.66. The van der Waals surface area contributed by atoms with Crippen LogP contribution in [0.15, 0.2) is 133 Å². The van der Waals surface area contributed by atoms with E-state index in [9.17, 15) is 0 Å². The van der Waals surface area contributed by atoms with Gasteiger partial charge in [0.2, 0.25) is 0 Å². The van der Waals surface area contributed by atoms with Gasteiger partial charge in [0.05, 0.1) is 0 Å². The third kappa shape index (κ3) is 4.12. The molecule has 0 fully saturated rings. The van der Waals surface area contributed by atoms with Crippen LogP contribution < -0.4 is 0 Å². The van der Waals surface area contributed by atoms with Crippen LogP contribution in [-0.4, -0.2) is 0 Å². The molecule has 6 aromatic carbocycles. The predicted octanol–water partition coefficient (Wildman–Crippen LogP) is 12.0. The van der Waals surface area contributed by atoms with E-state index in [1.165, 1.54) is 77.9 Å². The molecule has 0 N–H and O–H groups in total. The molecule has 0 unspecified atom stereocenters. The zero-order valence-electron chi connectivity index (χ0n) is 27.2. The zero-order chi connectivity index (χ0) is 31.1. The van der Waals surface area contributed by atoms with E-state index in [2.05, 4.69) is 175 Å². The van der Waals surface area contributed by atoms with E-state index in [0.717, 1.165) is 0 Å². The first kappa shape index (κ1) is 27.8. The molecule has 0 saturated carbocycles. The van der Waals surface area contributed by atoms with Crippen LogP contribution in [0.5, 0.6) is 0 Å². The molecular weight excluding hydrogens is 540 g/mol. The molecule has 2 aliphatic rings. The molecule has 0 radical (unpaired) electrons. The van der Waals surface area contributed by atoms with Crippen molar-refractivity contribution in [2.75, 3.05) is 0 Å². The van der Waals surface area contributed by atoms with Crippen LogP contribution >= 0.6 is 0 Å². The van der Waals surface area contributed by atoms with Crippen molar-refractivity contribution in [2.24, 2.45) is 0 Å². The number of hydrogen-bond donors (Lipinski definition) is 0. The molecule has 0 aliphatic heterocycles. The van der Waals surface area contributed by atoms with E-state index in [1.807, 2.05) is 0 Å². The summed E-state index contributed by atoms with van der Waals surface area (Å²) < 4.78 is 0. The summed E-state index contributed by atoms with van der Waals surface area (Å²) in [6.07, 6.45) is 0. The highest BCUT2D eigenvalue weighted by Crippen LogP contribution is 2.53. The molecule has 0 nitrogen and oxygen atoms in total. The van der Waals surface area contributed by atoms with Crippen LogP contribution in [0.3, 0.4) is 0 Å². The van der Waals surface area contributed by atoms with Crippen molar-refractivity contribution in [1.29, 1.82) is 0 Å². The summed E-state index contributed by atoms with van der Waals surface area (Å²) in [5, 5.41) is 0. The molecule has 6 aromatic rings. The lowest BCUT2D eigenvalue weighted by Gasteiger charge is -2.30. The molecule has 0 bridgehead atoms. The van der Waals surface area contributed by atoms with Crippen LogP contribution in [0, 0.1) is 0 Å². The van der Waals surface area contributed by atoms with E-state index in [0.29, 0.717) is 0 Å². The van der Waals surface area contributed by atoms with E-state index < -0.39 is 0 Å². The van der Waals surface area contributed by atoms with Crippen molar-refractivity contribution in [1.82, 2.24) is 0 Å². The van der Waals surface area contributed by atoms with Crippen molar-refractivity contribution in [3.8, 4) is 44.5 Å². The Kier molecular flexibility index (Phi) is 5.97. The number of fused-ring (bicyclic) bond motifs is 6. The van der Waals surface area contributed by atoms with Gasteiger partial charge in [-0.2, -0.15) is 0 Å². The second-order valence-electron chi connectivity index (χ2n) is 14.6. The smallest absolute Gasteiger partial charge is 0.0159 e. The van der Waals surface area contributed by atoms with Gasteiger partial charge in [0.15, 0.2) is 0 Å². The third-order valence-electron chi connectivity index (χ3n) is 11.0. The van der Waals surface area contributed by atoms with E-state index in [1.54, 1.807) is 0 Å². The Bertz CT molecular complexity index is 1950. The molecule has 0 aromatic heterocycles. The average molecular weight is 581 g/mol. The highest BCUT2D eigenvalue weighted by atomic mass is 14.4. The minimum absolute atomic E-state index is 0.0699. The maximum absolute atomic E-state index is 2.50. The Labute approximate surface area is 268 Å². The second-order valence-corrected chi connectivity index (χ2v) is 14.6. The highest BCUT2D eigenvalue weighted by Gasteiger charge is 2.39. The largest absolute Gasteiger partial charge is 0.0622 e. The van der Waals surface area contributed by atoms with Gasteiger partial charge in [-0.15, -0.1) is 0 Å². The van der Waals surface area contributed by atoms with Gasteiger partial charge in [0.1, 0.15) is 0 Å². The molecule has 45 heavy (non-hydrogen) atoms. The summed E-state index contributed by atoms with van der Waals surface area (Å²) >= 11 is 0.